The Morgan fingerprint density at radius 1 is 1.33 bits per heavy atom. The van der Waals surface area contributed by atoms with Crippen molar-refractivity contribution in [1.82, 2.24) is 20.4 Å². The molecule has 8 heteroatoms. The first-order chi connectivity index (χ1) is 8.68. The van der Waals surface area contributed by atoms with Crippen LogP contribution in [0.2, 0.25) is 0 Å². The number of H-pyrrole nitrogens is 1. The van der Waals surface area contributed by atoms with E-state index in [4.69, 9.17) is 5.73 Å². The number of amides is 1. The summed E-state index contributed by atoms with van der Waals surface area (Å²) in [6.45, 7) is 0. The van der Waals surface area contributed by atoms with Gasteiger partial charge in [-0.05, 0) is 12.1 Å². The number of nitrogens with zero attached hydrogens (tertiary/aromatic N) is 2. The SMILES string of the molecule is Nc1c(NNC(=O)c2ccncc2)nc[nH]c1=O. The lowest BCUT2D eigenvalue weighted by Gasteiger charge is -2.08. The van der Waals surface area contributed by atoms with Gasteiger partial charge in [0, 0.05) is 18.0 Å². The van der Waals surface area contributed by atoms with E-state index in [1.807, 2.05) is 0 Å². The van der Waals surface area contributed by atoms with Crippen LogP contribution in [0.3, 0.4) is 0 Å². The average Bonchev–Trinajstić information content (AvgIpc) is 2.41. The summed E-state index contributed by atoms with van der Waals surface area (Å²) in [5, 5.41) is 0. The number of carbonyl (C=O) groups excluding carboxylic acids is 1. The third-order valence-corrected chi connectivity index (χ3v) is 2.13. The number of nitrogen functional groups attached to an aromatic ring is 1. The van der Waals surface area contributed by atoms with Crippen LogP contribution in [-0.4, -0.2) is 20.9 Å². The lowest BCUT2D eigenvalue weighted by molar-refractivity contribution is 0.0962. The third kappa shape index (κ3) is 2.43. The molecule has 2 aromatic rings. The normalized spacial score (nSPS) is 9.78. The molecule has 0 spiro atoms. The summed E-state index contributed by atoms with van der Waals surface area (Å²) < 4.78 is 0. The Balaban J connectivity index is 2.07. The van der Waals surface area contributed by atoms with Crippen LogP contribution >= 0.6 is 0 Å². The van der Waals surface area contributed by atoms with E-state index in [9.17, 15) is 9.59 Å². The highest BCUT2D eigenvalue weighted by Crippen LogP contribution is 2.05. The van der Waals surface area contributed by atoms with Crippen molar-refractivity contribution in [3.05, 3.63) is 46.8 Å². The molecular weight excluding hydrogens is 236 g/mol. The topological polar surface area (TPSA) is 126 Å². The zero-order valence-electron chi connectivity index (χ0n) is 9.18. The number of hydrogen-bond acceptors (Lipinski definition) is 6. The van der Waals surface area contributed by atoms with E-state index in [1.54, 1.807) is 12.1 Å². The van der Waals surface area contributed by atoms with Crippen molar-refractivity contribution in [1.29, 1.82) is 0 Å². The molecule has 1 amide bonds. The van der Waals surface area contributed by atoms with Gasteiger partial charge in [-0.15, -0.1) is 0 Å². The molecule has 2 heterocycles. The van der Waals surface area contributed by atoms with Gasteiger partial charge in [0.2, 0.25) is 0 Å². The van der Waals surface area contributed by atoms with Crippen LogP contribution < -0.4 is 22.1 Å². The van der Waals surface area contributed by atoms with Crippen LogP contribution in [-0.2, 0) is 0 Å². The Hall–Kier alpha value is -2.90. The van der Waals surface area contributed by atoms with E-state index in [-0.39, 0.29) is 17.4 Å². The van der Waals surface area contributed by atoms with Crippen LogP contribution in [0.5, 0.6) is 0 Å². The molecule has 0 atom stereocenters. The molecule has 0 unspecified atom stereocenters. The second-order valence-corrected chi connectivity index (χ2v) is 3.31. The molecule has 0 aliphatic carbocycles. The third-order valence-electron chi connectivity index (χ3n) is 2.13. The molecule has 18 heavy (non-hydrogen) atoms. The maximum atomic E-state index is 11.7. The predicted octanol–water partition coefficient (Wildman–Crippen LogP) is -0.496. The van der Waals surface area contributed by atoms with Crippen LogP contribution in [0.25, 0.3) is 0 Å². The standard InChI is InChI=1S/C10H10N6O2/c11-7-8(13-5-14-10(7)18)15-16-9(17)6-1-3-12-4-2-6/h1-5H,11H2,(H,16,17)(H2,13,14,15,18). The van der Waals surface area contributed by atoms with Gasteiger partial charge in [0.15, 0.2) is 5.82 Å². The van der Waals surface area contributed by atoms with Crippen molar-refractivity contribution in [3.8, 4) is 0 Å². The van der Waals surface area contributed by atoms with E-state index in [2.05, 4.69) is 25.8 Å². The van der Waals surface area contributed by atoms with E-state index in [0.717, 1.165) is 0 Å². The number of carbonyl (C=O) groups is 1. The highest BCUT2D eigenvalue weighted by atomic mass is 16.2. The lowest BCUT2D eigenvalue weighted by Crippen LogP contribution is -2.31. The maximum Gasteiger partial charge on any atom is 0.276 e. The molecule has 2 aromatic heterocycles. The minimum atomic E-state index is -0.481. The first-order valence-electron chi connectivity index (χ1n) is 4.98. The molecule has 0 radical (unpaired) electrons. The summed E-state index contributed by atoms with van der Waals surface area (Å²) in [6.07, 6.45) is 4.17. The van der Waals surface area contributed by atoms with Gasteiger partial charge in [-0.25, -0.2) is 4.98 Å². The van der Waals surface area contributed by atoms with Gasteiger partial charge in [-0.3, -0.25) is 25.4 Å². The monoisotopic (exact) mass is 246 g/mol. The van der Waals surface area contributed by atoms with E-state index in [1.165, 1.54) is 18.7 Å². The van der Waals surface area contributed by atoms with Crippen LogP contribution in [0, 0.1) is 0 Å². The summed E-state index contributed by atoms with van der Waals surface area (Å²) in [6, 6.07) is 3.09. The first kappa shape index (κ1) is 11.6. The molecule has 8 nitrogen and oxygen atoms in total. The van der Waals surface area contributed by atoms with Gasteiger partial charge in [0.05, 0.1) is 6.33 Å². The molecule has 92 valence electrons. The second kappa shape index (κ2) is 4.95. The molecule has 0 aliphatic heterocycles. The summed E-state index contributed by atoms with van der Waals surface area (Å²) in [5.41, 5.74) is 10.2. The van der Waals surface area contributed by atoms with Crippen molar-refractivity contribution >= 4 is 17.4 Å². The minimum absolute atomic E-state index is 0.0844. The Bertz CT molecular complexity index is 609. The highest BCUT2D eigenvalue weighted by molar-refractivity contribution is 5.94. The summed E-state index contributed by atoms with van der Waals surface area (Å²) in [4.78, 5) is 32.7. The van der Waals surface area contributed by atoms with E-state index in [0.29, 0.717) is 5.56 Å². The molecular formula is C10H10N6O2. The number of nitrogens with one attached hydrogen (secondary N) is 3. The molecule has 2 rings (SSSR count). The Morgan fingerprint density at radius 3 is 2.78 bits per heavy atom. The van der Waals surface area contributed by atoms with Crippen molar-refractivity contribution in [3.63, 3.8) is 0 Å². The van der Waals surface area contributed by atoms with Crippen LogP contribution in [0.1, 0.15) is 10.4 Å². The zero-order valence-corrected chi connectivity index (χ0v) is 9.18. The number of nitrogens with two attached hydrogens (primary N) is 1. The van der Waals surface area contributed by atoms with E-state index < -0.39 is 5.56 Å². The fraction of sp³-hybridized carbons (Fsp3) is 0. The number of pyridine rings is 1. The quantitative estimate of drug-likeness (QED) is 0.541. The smallest absolute Gasteiger partial charge is 0.276 e. The maximum absolute atomic E-state index is 11.7. The fourth-order valence-corrected chi connectivity index (χ4v) is 1.20. The molecule has 5 N–H and O–H groups in total. The largest absolute Gasteiger partial charge is 0.391 e. The van der Waals surface area contributed by atoms with Gasteiger partial charge in [-0.2, -0.15) is 0 Å². The Labute approximate surface area is 101 Å². The Kier molecular flexibility index (Phi) is 3.19. The van der Waals surface area contributed by atoms with E-state index >= 15 is 0 Å². The summed E-state index contributed by atoms with van der Waals surface area (Å²) >= 11 is 0. The molecule has 0 aliphatic rings. The minimum Gasteiger partial charge on any atom is -0.391 e. The second-order valence-electron chi connectivity index (χ2n) is 3.31. The molecule has 0 saturated carbocycles. The molecule has 0 bridgehead atoms. The Morgan fingerprint density at radius 2 is 2.06 bits per heavy atom. The highest BCUT2D eigenvalue weighted by Gasteiger charge is 2.07. The molecule has 0 fully saturated rings. The number of aromatic nitrogens is 3. The van der Waals surface area contributed by atoms with Crippen molar-refractivity contribution < 1.29 is 4.79 Å². The molecule has 0 saturated heterocycles. The van der Waals surface area contributed by atoms with Gasteiger partial charge < -0.3 is 10.7 Å². The number of hydrazine groups is 1. The molecule has 0 aromatic carbocycles. The number of hydrogen-bond donors (Lipinski definition) is 4. The fourth-order valence-electron chi connectivity index (χ4n) is 1.20. The summed E-state index contributed by atoms with van der Waals surface area (Å²) in [5.74, 6) is -0.306. The lowest BCUT2D eigenvalue weighted by atomic mass is 10.3. The number of aromatic amines is 1. The van der Waals surface area contributed by atoms with Crippen LogP contribution in [0.4, 0.5) is 11.5 Å². The zero-order chi connectivity index (χ0) is 13.0. The average molecular weight is 246 g/mol. The first-order valence-corrected chi connectivity index (χ1v) is 4.98. The van der Waals surface area contributed by atoms with Crippen molar-refractivity contribution in [2.24, 2.45) is 0 Å². The van der Waals surface area contributed by atoms with Crippen molar-refractivity contribution in [2.75, 3.05) is 11.2 Å². The number of anilines is 2. The van der Waals surface area contributed by atoms with Gasteiger partial charge >= 0.3 is 0 Å². The van der Waals surface area contributed by atoms with Gasteiger partial charge in [-0.1, -0.05) is 0 Å². The van der Waals surface area contributed by atoms with Gasteiger partial charge in [0.25, 0.3) is 11.5 Å². The van der Waals surface area contributed by atoms with Crippen molar-refractivity contribution in [2.45, 2.75) is 0 Å². The van der Waals surface area contributed by atoms with Gasteiger partial charge in [0.1, 0.15) is 5.69 Å². The predicted molar refractivity (Wildman–Crippen MR) is 64.6 cm³/mol. The number of rotatable bonds is 3. The summed E-state index contributed by atoms with van der Waals surface area (Å²) in [7, 11) is 0. The van der Waals surface area contributed by atoms with Crippen LogP contribution in [0.15, 0.2) is 35.6 Å².